The highest BCUT2D eigenvalue weighted by Crippen LogP contribution is 2.27. The summed E-state index contributed by atoms with van der Waals surface area (Å²) in [4.78, 5) is 4.43. The van der Waals surface area contributed by atoms with E-state index >= 15 is 0 Å². The average Bonchev–Trinajstić information content (AvgIpc) is 2.41. The predicted octanol–water partition coefficient (Wildman–Crippen LogP) is 3.90. The quantitative estimate of drug-likeness (QED) is 0.896. The molecule has 0 fully saturated rings. The molecule has 0 aliphatic heterocycles. The highest BCUT2D eigenvalue weighted by molar-refractivity contribution is 5.41. The summed E-state index contributed by atoms with van der Waals surface area (Å²) < 4.78 is 5.98. The molecule has 0 aliphatic rings. The second-order valence-corrected chi connectivity index (χ2v) is 5.03. The summed E-state index contributed by atoms with van der Waals surface area (Å²) in [6.45, 7) is 6.54. The largest absolute Gasteiger partial charge is 0.457 e. The molecule has 0 bridgehead atoms. The highest BCUT2D eigenvalue weighted by Gasteiger charge is 2.09. The molecule has 0 radical (unpaired) electrons. The standard InChI is InChI=1S/C17H22N2O/c1-4-5-14-6-8-15(9-7-14)20-17-10-12(2)19-13(3)16(17)11-18/h6-10H,4-5,11,18H2,1-3H3. The summed E-state index contributed by atoms with van der Waals surface area (Å²) >= 11 is 0. The third-order valence-electron chi connectivity index (χ3n) is 3.31. The van der Waals surface area contributed by atoms with E-state index in [1.165, 1.54) is 5.56 Å². The Hall–Kier alpha value is -1.87. The van der Waals surface area contributed by atoms with Crippen molar-refractivity contribution < 1.29 is 4.74 Å². The van der Waals surface area contributed by atoms with E-state index in [2.05, 4.69) is 24.0 Å². The van der Waals surface area contributed by atoms with Gasteiger partial charge in [-0.3, -0.25) is 4.98 Å². The maximum absolute atomic E-state index is 5.98. The van der Waals surface area contributed by atoms with E-state index in [-0.39, 0.29) is 0 Å². The minimum atomic E-state index is 0.433. The summed E-state index contributed by atoms with van der Waals surface area (Å²) in [5, 5.41) is 0. The number of pyridine rings is 1. The zero-order valence-corrected chi connectivity index (χ0v) is 12.4. The first-order chi connectivity index (χ1) is 9.63. The molecule has 2 aromatic rings. The Morgan fingerprint density at radius 1 is 1.15 bits per heavy atom. The molecule has 0 atom stereocenters. The molecule has 0 saturated heterocycles. The van der Waals surface area contributed by atoms with E-state index in [1.54, 1.807) is 0 Å². The van der Waals surface area contributed by atoms with E-state index in [0.717, 1.165) is 41.3 Å². The van der Waals surface area contributed by atoms with Crippen LogP contribution in [0.25, 0.3) is 0 Å². The van der Waals surface area contributed by atoms with Gasteiger partial charge in [-0.1, -0.05) is 25.5 Å². The molecule has 1 aromatic carbocycles. The maximum Gasteiger partial charge on any atom is 0.135 e. The van der Waals surface area contributed by atoms with Gasteiger partial charge >= 0.3 is 0 Å². The van der Waals surface area contributed by atoms with E-state index in [9.17, 15) is 0 Å². The molecule has 0 aliphatic carbocycles. The van der Waals surface area contributed by atoms with E-state index in [0.29, 0.717) is 6.54 Å². The Balaban J connectivity index is 2.25. The van der Waals surface area contributed by atoms with Crippen LogP contribution in [0.2, 0.25) is 0 Å². The molecule has 2 N–H and O–H groups in total. The normalized spacial score (nSPS) is 10.6. The van der Waals surface area contributed by atoms with Gasteiger partial charge in [-0.15, -0.1) is 0 Å². The fourth-order valence-electron chi connectivity index (χ4n) is 2.30. The summed E-state index contributed by atoms with van der Waals surface area (Å²) in [5.74, 6) is 1.64. The Labute approximate surface area is 120 Å². The molecule has 3 nitrogen and oxygen atoms in total. The first kappa shape index (κ1) is 14.5. The molecule has 20 heavy (non-hydrogen) atoms. The Morgan fingerprint density at radius 2 is 1.85 bits per heavy atom. The molecule has 0 unspecified atom stereocenters. The number of aryl methyl sites for hydroxylation is 3. The Kier molecular flexibility index (Phi) is 4.74. The van der Waals surface area contributed by atoms with Crippen molar-refractivity contribution in [2.75, 3.05) is 0 Å². The fraction of sp³-hybridized carbons (Fsp3) is 0.353. The van der Waals surface area contributed by atoms with Gasteiger partial charge in [0.25, 0.3) is 0 Å². The van der Waals surface area contributed by atoms with Crippen molar-refractivity contribution in [2.24, 2.45) is 5.73 Å². The Bertz CT molecular complexity index is 576. The van der Waals surface area contributed by atoms with E-state index in [1.807, 2.05) is 32.0 Å². The summed E-state index contributed by atoms with van der Waals surface area (Å²) in [6, 6.07) is 10.2. The number of nitrogens with two attached hydrogens (primary N) is 1. The molecule has 0 spiro atoms. The number of hydrogen-bond acceptors (Lipinski definition) is 3. The van der Waals surface area contributed by atoms with Crippen molar-refractivity contribution in [2.45, 2.75) is 40.2 Å². The third kappa shape index (κ3) is 3.36. The van der Waals surface area contributed by atoms with Gasteiger partial charge in [-0.25, -0.2) is 0 Å². The molecule has 3 heteroatoms. The van der Waals surface area contributed by atoms with Gasteiger partial charge in [0.15, 0.2) is 0 Å². The second-order valence-electron chi connectivity index (χ2n) is 5.03. The summed E-state index contributed by atoms with van der Waals surface area (Å²) in [7, 11) is 0. The lowest BCUT2D eigenvalue weighted by molar-refractivity contribution is 0.473. The third-order valence-corrected chi connectivity index (χ3v) is 3.31. The van der Waals surface area contributed by atoms with Crippen LogP contribution in [0, 0.1) is 13.8 Å². The minimum Gasteiger partial charge on any atom is -0.457 e. The number of benzene rings is 1. The smallest absolute Gasteiger partial charge is 0.135 e. The maximum atomic E-state index is 5.98. The molecular weight excluding hydrogens is 248 g/mol. The topological polar surface area (TPSA) is 48.1 Å². The molecular formula is C17H22N2O. The van der Waals surface area contributed by atoms with Crippen molar-refractivity contribution in [3.05, 3.63) is 52.8 Å². The number of hydrogen-bond donors (Lipinski definition) is 1. The Morgan fingerprint density at radius 3 is 2.45 bits per heavy atom. The van der Waals surface area contributed by atoms with Gasteiger partial charge in [-0.05, 0) is 38.0 Å². The predicted molar refractivity (Wildman–Crippen MR) is 82.1 cm³/mol. The molecule has 1 aromatic heterocycles. The lowest BCUT2D eigenvalue weighted by Gasteiger charge is -2.13. The minimum absolute atomic E-state index is 0.433. The summed E-state index contributed by atoms with van der Waals surface area (Å²) in [6.07, 6.45) is 2.25. The zero-order chi connectivity index (χ0) is 14.5. The van der Waals surface area contributed by atoms with Crippen LogP contribution < -0.4 is 10.5 Å². The second kappa shape index (κ2) is 6.53. The first-order valence-electron chi connectivity index (χ1n) is 7.08. The van der Waals surface area contributed by atoms with Crippen LogP contribution in [-0.2, 0) is 13.0 Å². The zero-order valence-electron chi connectivity index (χ0n) is 12.4. The van der Waals surface area contributed by atoms with Gasteiger partial charge in [-0.2, -0.15) is 0 Å². The van der Waals surface area contributed by atoms with Crippen LogP contribution in [0.4, 0.5) is 0 Å². The van der Waals surface area contributed by atoms with Crippen LogP contribution in [-0.4, -0.2) is 4.98 Å². The number of aromatic nitrogens is 1. The van der Waals surface area contributed by atoms with E-state index in [4.69, 9.17) is 10.5 Å². The van der Waals surface area contributed by atoms with Gasteiger partial charge in [0, 0.05) is 29.6 Å². The van der Waals surface area contributed by atoms with Gasteiger partial charge < -0.3 is 10.5 Å². The molecule has 1 heterocycles. The van der Waals surface area contributed by atoms with Crippen molar-refractivity contribution in [1.82, 2.24) is 4.98 Å². The molecule has 0 amide bonds. The molecule has 0 saturated carbocycles. The van der Waals surface area contributed by atoms with Crippen molar-refractivity contribution in [3.63, 3.8) is 0 Å². The van der Waals surface area contributed by atoms with Crippen LogP contribution in [0.15, 0.2) is 30.3 Å². The number of nitrogens with zero attached hydrogens (tertiary/aromatic N) is 1. The van der Waals surface area contributed by atoms with Crippen molar-refractivity contribution in [1.29, 1.82) is 0 Å². The van der Waals surface area contributed by atoms with Crippen molar-refractivity contribution in [3.8, 4) is 11.5 Å². The van der Waals surface area contributed by atoms with Crippen LogP contribution in [0.3, 0.4) is 0 Å². The van der Waals surface area contributed by atoms with Crippen LogP contribution >= 0.6 is 0 Å². The lowest BCUT2D eigenvalue weighted by Crippen LogP contribution is -2.05. The van der Waals surface area contributed by atoms with Gasteiger partial charge in [0.05, 0.1) is 0 Å². The number of ether oxygens (including phenoxy) is 1. The first-order valence-corrected chi connectivity index (χ1v) is 7.08. The van der Waals surface area contributed by atoms with Crippen LogP contribution in [0.5, 0.6) is 11.5 Å². The molecule has 106 valence electrons. The molecule has 2 rings (SSSR count). The monoisotopic (exact) mass is 270 g/mol. The average molecular weight is 270 g/mol. The summed E-state index contributed by atoms with van der Waals surface area (Å²) in [5.41, 5.74) is 9.98. The fourth-order valence-corrected chi connectivity index (χ4v) is 2.30. The lowest BCUT2D eigenvalue weighted by atomic mass is 10.1. The highest BCUT2D eigenvalue weighted by atomic mass is 16.5. The van der Waals surface area contributed by atoms with Gasteiger partial charge in [0.1, 0.15) is 11.5 Å². The van der Waals surface area contributed by atoms with E-state index < -0.39 is 0 Å². The number of rotatable bonds is 5. The van der Waals surface area contributed by atoms with Crippen molar-refractivity contribution >= 4 is 0 Å². The van der Waals surface area contributed by atoms with Gasteiger partial charge in [0.2, 0.25) is 0 Å². The van der Waals surface area contributed by atoms with Crippen LogP contribution in [0.1, 0.15) is 35.9 Å². The SMILES string of the molecule is CCCc1ccc(Oc2cc(C)nc(C)c2CN)cc1.